The average Bonchev–Trinajstić information content (AvgIpc) is 3.12. The third-order valence-electron chi connectivity index (χ3n) is 6.62. The standard InChI is InChI=1S/C18H19N5O4/c24-16(25)17-6-11-4-12(7-17)9-18(8-11,10-17)23-20-15(19-21-23)13-2-1-3-14(5-13)22(26)27/h1-3,5,11-12H,4,6-10H2,(H,24,25)/p-1/t11-,12+,17?,18?. The number of carboxylic acid groups (broad SMARTS) is 1. The molecule has 4 aliphatic carbocycles. The molecule has 0 N–H and O–H groups in total. The van der Waals surface area contributed by atoms with Crippen molar-refractivity contribution in [1.82, 2.24) is 20.2 Å². The van der Waals surface area contributed by atoms with Gasteiger partial charge >= 0.3 is 0 Å². The lowest BCUT2D eigenvalue weighted by atomic mass is 9.47. The third-order valence-corrected chi connectivity index (χ3v) is 6.62. The highest BCUT2D eigenvalue weighted by Gasteiger charge is 2.60. The van der Waals surface area contributed by atoms with Crippen molar-refractivity contribution < 1.29 is 14.8 Å². The lowest BCUT2D eigenvalue weighted by molar-refractivity contribution is -0.384. The Balaban J connectivity index is 1.52. The van der Waals surface area contributed by atoms with E-state index in [0.717, 1.165) is 19.3 Å². The third kappa shape index (κ3) is 2.37. The Morgan fingerprint density at radius 2 is 1.96 bits per heavy atom. The van der Waals surface area contributed by atoms with E-state index in [1.165, 1.54) is 12.1 Å². The Kier molecular flexibility index (Phi) is 3.23. The van der Waals surface area contributed by atoms with Crippen molar-refractivity contribution in [3.8, 4) is 11.4 Å². The molecule has 0 aliphatic heterocycles. The minimum Gasteiger partial charge on any atom is -0.550 e. The van der Waals surface area contributed by atoms with Gasteiger partial charge in [-0.1, -0.05) is 12.1 Å². The molecule has 4 bridgehead atoms. The van der Waals surface area contributed by atoms with E-state index in [9.17, 15) is 20.0 Å². The number of tetrazole rings is 1. The van der Waals surface area contributed by atoms with E-state index in [4.69, 9.17) is 0 Å². The van der Waals surface area contributed by atoms with Crippen LogP contribution in [0.25, 0.3) is 11.4 Å². The maximum atomic E-state index is 11.9. The molecule has 2 aromatic rings. The molecule has 4 aliphatic rings. The molecule has 4 saturated carbocycles. The van der Waals surface area contributed by atoms with Crippen molar-refractivity contribution in [3.63, 3.8) is 0 Å². The molecule has 4 atom stereocenters. The fourth-order valence-corrected chi connectivity index (χ4v) is 5.98. The number of hydrogen-bond donors (Lipinski definition) is 0. The molecule has 1 heterocycles. The zero-order chi connectivity index (χ0) is 18.8. The smallest absolute Gasteiger partial charge is 0.270 e. The van der Waals surface area contributed by atoms with E-state index in [0.29, 0.717) is 42.5 Å². The number of carbonyl (C=O) groups excluding carboxylic acids is 1. The number of nitro benzene ring substituents is 1. The van der Waals surface area contributed by atoms with Crippen LogP contribution in [-0.2, 0) is 10.3 Å². The Morgan fingerprint density at radius 1 is 1.22 bits per heavy atom. The summed E-state index contributed by atoms with van der Waals surface area (Å²) in [7, 11) is 0. The maximum absolute atomic E-state index is 11.9. The van der Waals surface area contributed by atoms with Crippen LogP contribution in [0, 0.1) is 27.4 Å². The number of carbonyl (C=O) groups is 1. The molecule has 2 unspecified atom stereocenters. The van der Waals surface area contributed by atoms with E-state index < -0.39 is 21.8 Å². The monoisotopic (exact) mass is 368 g/mol. The largest absolute Gasteiger partial charge is 0.550 e. The number of aromatic nitrogens is 4. The summed E-state index contributed by atoms with van der Waals surface area (Å²) in [5.41, 5.74) is -0.746. The predicted molar refractivity (Wildman–Crippen MR) is 90.0 cm³/mol. The van der Waals surface area contributed by atoms with Crippen LogP contribution in [0.4, 0.5) is 5.69 Å². The van der Waals surface area contributed by atoms with Crippen LogP contribution in [0.15, 0.2) is 24.3 Å². The number of nitrogens with zero attached hydrogens (tertiary/aromatic N) is 5. The van der Waals surface area contributed by atoms with Crippen molar-refractivity contribution >= 4 is 11.7 Å². The molecule has 0 spiro atoms. The van der Waals surface area contributed by atoms with Gasteiger partial charge in [0.2, 0.25) is 5.82 Å². The Labute approximate surface area is 154 Å². The summed E-state index contributed by atoms with van der Waals surface area (Å²) in [4.78, 5) is 24.0. The Bertz CT molecular complexity index is 941. The fourth-order valence-electron chi connectivity index (χ4n) is 5.98. The van der Waals surface area contributed by atoms with E-state index >= 15 is 0 Å². The summed E-state index contributed by atoms with van der Waals surface area (Å²) < 4.78 is 0. The highest BCUT2D eigenvalue weighted by atomic mass is 16.6. The molecule has 0 amide bonds. The molecular weight excluding hydrogens is 350 g/mol. The minimum absolute atomic E-state index is 0.0328. The van der Waals surface area contributed by atoms with E-state index in [-0.39, 0.29) is 5.69 Å². The van der Waals surface area contributed by atoms with E-state index in [1.54, 1.807) is 16.9 Å². The molecule has 0 saturated heterocycles. The summed E-state index contributed by atoms with van der Waals surface area (Å²) in [6.07, 6.45) is 4.59. The number of aliphatic carboxylic acids is 1. The van der Waals surface area contributed by atoms with Crippen molar-refractivity contribution in [2.45, 2.75) is 44.1 Å². The second-order valence-corrected chi connectivity index (χ2v) is 8.46. The predicted octanol–water partition coefficient (Wildman–Crippen LogP) is 1.29. The van der Waals surface area contributed by atoms with E-state index in [1.807, 2.05) is 0 Å². The second-order valence-electron chi connectivity index (χ2n) is 8.46. The molecule has 4 fully saturated rings. The van der Waals surface area contributed by atoms with Crippen molar-refractivity contribution in [3.05, 3.63) is 34.4 Å². The highest BCUT2D eigenvalue weighted by Crippen LogP contribution is 2.63. The van der Waals surface area contributed by atoms with Crippen LogP contribution in [0.5, 0.6) is 0 Å². The zero-order valence-electron chi connectivity index (χ0n) is 14.6. The van der Waals surface area contributed by atoms with Gasteiger partial charge in [0.15, 0.2) is 0 Å². The van der Waals surface area contributed by atoms with Gasteiger partial charge in [0.1, 0.15) is 0 Å². The molecule has 9 heteroatoms. The Hall–Kier alpha value is -2.84. The van der Waals surface area contributed by atoms with Crippen LogP contribution < -0.4 is 5.11 Å². The molecule has 9 nitrogen and oxygen atoms in total. The first kappa shape index (κ1) is 16.3. The summed E-state index contributed by atoms with van der Waals surface area (Å²) >= 11 is 0. The second kappa shape index (κ2) is 5.34. The lowest BCUT2D eigenvalue weighted by Crippen LogP contribution is -2.62. The molecule has 0 radical (unpaired) electrons. The lowest BCUT2D eigenvalue weighted by Gasteiger charge is -2.61. The van der Waals surface area contributed by atoms with Gasteiger partial charge in [-0.25, -0.2) is 0 Å². The number of benzene rings is 1. The van der Waals surface area contributed by atoms with Crippen LogP contribution in [0.3, 0.4) is 0 Å². The van der Waals surface area contributed by atoms with Crippen molar-refractivity contribution in [1.29, 1.82) is 0 Å². The first-order chi connectivity index (χ1) is 12.9. The number of non-ortho nitro benzene ring substituents is 1. The summed E-state index contributed by atoms with van der Waals surface area (Å²) in [5.74, 6) is 0.0461. The summed E-state index contributed by atoms with van der Waals surface area (Å²) in [6.45, 7) is 0. The quantitative estimate of drug-likeness (QED) is 0.588. The van der Waals surface area contributed by atoms with Crippen molar-refractivity contribution in [2.75, 3.05) is 0 Å². The molecule has 1 aromatic heterocycles. The van der Waals surface area contributed by atoms with Crippen LogP contribution >= 0.6 is 0 Å². The molecule has 27 heavy (non-hydrogen) atoms. The normalized spacial score (nSPS) is 33.9. The van der Waals surface area contributed by atoms with Gasteiger partial charge in [0, 0.05) is 29.1 Å². The van der Waals surface area contributed by atoms with Gasteiger partial charge < -0.3 is 9.90 Å². The maximum Gasteiger partial charge on any atom is 0.270 e. The van der Waals surface area contributed by atoms with Crippen molar-refractivity contribution in [2.24, 2.45) is 17.3 Å². The van der Waals surface area contributed by atoms with Gasteiger partial charge in [0.05, 0.1) is 10.5 Å². The molecule has 1 aromatic carbocycles. The first-order valence-corrected chi connectivity index (χ1v) is 9.16. The van der Waals surface area contributed by atoms with E-state index in [2.05, 4.69) is 15.4 Å². The molecule has 6 rings (SSSR count). The zero-order valence-corrected chi connectivity index (χ0v) is 14.6. The number of rotatable bonds is 4. The Morgan fingerprint density at radius 3 is 2.63 bits per heavy atom. The average molecular weight is 368 g/mol. The van der Waals surface area contributed by atoms with Gasteiger partial charge in [-0.3, -0.25) is 10.1 Å². The molecular formula is C18H18N5O4-. The van der Waals surface area contributed by atoms with Gasteiger partial charge in [0.25, 0.3) is 5.69 Å². The number of hydrogen-bond acceptors (Lipinski definition) is 7. The number of carboxylic acids is 1. The van der Waals surface area contributed by atoms with Crippen LogP contribution in [0.1, 0.15) is 38.5 Å². The summed E-state index contributed by atoms with van der Waals surface area (Å²) in [5, 5.41) is 35.8. The fraction of sp³-hybridized carbons (Fsp3) is 0.556. The van der Waals surface area contributed by atoms with Crippen LogP contribution in [0.2, 0.25) is 0 Å². The summed E-state index contributed by atoms with van der Waals surface area (Å²) in [6, 6.07) is 6.13. The van der Waals surface area contributed by atoms with Gasteiger partial charge in [-0.2, -0.15) is 4.80 Å². The topological polar surface area (TPSA) is 127 Å². The molecule has 140 valence electrons. The van der Waals surface area contributed by atoms with Crippen LogP contribution in [-0.4, -0.2) is 31.1 Å². The van der Waals surface area contributed by atoms with Gasteiger partial charge in [-0.05, 0) is 55.6 Å². The van der Waals surface area contributed by atoms with Gasteiger partial charge in [-0.15, -0.1) is 10.2 Å². The highest BCUT2D eigenvalue weighted by molar-refractivity contribution is 5.73. The minimum atomic E-state index is -0.958. The first-order valence-electron chi connectivity index (χ1n) is 9.16. The number of nitro groups is 1. The SMILES string of the molecule is O=C([O-])C12C[C@H]3C[C@@H](C1)CC(n1nnc(-c4cccc([N+](=O)[O-])c4)n1)(C3)C2.